The largest absolute Gasteiger partial charge is 0.493 e. The Morgan fingerprint density at radius 3 is 2.76 bits per heavy atom. The maximum Gasteiger partial charge on any atom is 0.175 e. The Kier molecular flexibility index (Phi) is 8.56. The second-order valence-corrected chi connectivity index (χ2v) is 8.16. The zero-order valence-corrected chi connectivity index (χ0v) is 18.8. The quantitative estimate of drug-likeness (QED) is 0.528. The SMILES string of the molecule is COc1cc(CNCCN2CCNCC2)cc(Br)c1OCc1ccc(F)cc1Cl. The van der Waals surface area contributed by atoms with E-state index in [-0.39, 0.29) is 12.4 Å². The number of halogens is 3. The first kappa shape index (κ1) is 22.3. The van der Waals surface area contributed by atoms with Crippen LogP contribution in [0.15, 0.2) is 34.8 Å². The second kappa shape index (κ2) is 11.1. The van der Waals surface area contributed by atoms with Gasteiger partial charge in [0.2, 0.25) is 0 Å². The molecular weight excluding hydrogens is 461 g/mol. The third kappa shape index (κ3) is 6.55. The maximum atomic E-state index is 13.2. The molecule has 3 rings (SSSR count). The van der Waals surface area contributed by atoms with Gasteiger partial charge in [-0.3, -0.25) is 4.90 Å². The van der Waals surface area contributed by atoms with E-state index in [9.17, 15) is 4.39 Å². The van der Waals surface area contributed by atoms with Crippen molar-refractivity contribution >= 4 is 27.5 Å². The van der Waals surface area contributed by atoms with Crippen LogP contribution in [0.25, 0.3) is 0 Å². The molecule has 1 fully saturated rings. The van der Waals surface area contributed by atoms with Gasteiger partial charge in [-0.15, -0.1) is 0 Å². The molecule has 2 aromatic carbocycles. The predicted octanol–water partition coefficient (Wildman–Crippen LogP) is 3.82. The summed E-state index contributed by atoms with van der Waals surface area (Å²) in [6.07, 6.45) is 0. The molecule has 8 heteroatoms. The maximum absolute atomic E-state index is 13.2. The molecular formula is C21H26BrClFN3O2. The Bertz CT molecular complexity index is 819. The molecule has 0 bridgehead atoms. The van der Waals surface area contributed by atoms with Gasteiger partial charge in [0.15, 0.2) is 11.5 Å². The third-order valence-electron chi connectivity index (χ3n) is 4.82. The highest BCUT2D eigenvalue weighted by Gasteiger charge is 2.14. The lowest BCUT2D eigenvalue weighted by Crippen LogP contribution is -2.45. The number of rotatable bonds is 9. The van der Waals surface area contributed by atoms with Crippen LogP contribution in [-0.2, 0) is 13.2 Å². The van der Waals surface area contributed by atoms with Crippen LogP contribution in [0.3, 0.4) is 0 Å². The first-order valence-corrected chi connectivity index (χ1v) is 10.8. The summed E-state index contributed by atoms with van der Waals surface area (Å²) in [5.41, 5.74) is 1.81. The van der Waals surface area contributed by atoms with Crippen molar-refractivity contribution in [3.8, 4) is 11.5 Å². The van der Waals surface area contributed by atoms with Crippen molar-refractivity contribution in [2.24, 2.45) is 0 Å². The minimum absolute atomic E-state index is 0.219. The van der Waals surface area contributed by atoms with Crippen LogP contribution < -0.4 is 20.1 Å². The number of hydrogen-bond acceptors (Lipinski definition) is 5. The summed E-state index contributed by atoms with van der Waals surface area (Å²) in [5, 5.41) is 7.19. The molecule has 0 atom stereocenters. The second-order valence-electron chi connectivity index (χ2n) is 6.90. The summed E-state index contributed by atoms with van der Waals surface area (Å²) in [5.74, 6) is 0.861. The minimum Gasteiger partial charge on any atom is -0.493 e. The van der Waals surface area contributed by atoms with Gasteiger partial charge in [-0.2, -0.15) is 0 Å². The fourth-order valence-electron chi connectivity index (χ4n) is 3.21. The number of benzene rings is 2. The van der Waals surface area contributed by atoms with Crippen LogP contribution in [0, 0.1) is 5.82 Å². The van der Waals surface area contributed by atoms with E-state index < -0.39 is 0 Å². The monoisotopic (exact) mass is 485 g/mol. The topological polar surface area (TPSA) is 45.8 Å². The van der Waals surface area contributed by atoms with Crippen molar-refractivity contribution < 1.29 is 13.9 Å². The van der Waals surface area contributed by atoms with Gasteiger partial charge in [0, 0.05) is 51.4 Å². The Balaban J connectivity index is 1.56. The van der Waals surface area contributed by atoms with Crippen molar-refractivity contribution in [2.75, 3.05) is 46.4 Å². The number of ether oxygens (including phenoxy) is 2. The van der Waals surface area contributed by atoms with Gasteiger partial charge in [-0.1, -0.05) is 17.7 Å². The number of nitrogens with one attached hydrogen (secondary N) is 2. The molecule has 2 N–H and O–H groups in total. The summed E-state index contributed by atoms with van der Waals surface area (Å²) < 4.78 is 25.4. The highest BCUT2D eigenvalue weighted by atomic mass is 79.9. The summed E-state index contributed by atoms with van der Waals surface area (Å²) in [4.78, 5) is 2.46. The van der Waals surface area contributed by atoms with Gasteiger partial charge >= 0.3 is 0 Å². The Morgan fingerprint density at radius 1 is 1.24 bits per heavy atom. The van der Waals surface area contributed by atoms with E-state index >= 15 is 0 Å². The van der Waals surface area contributed by atoms with Gasteiger partial charge in [-0.05, 0) is 45.8 Å². The molecule has 0 saturated carbocycles. The Morgan fingerprint density at radius 2 is 2.03 bits per heavy atom. The zero-order chi connectivity index (χ0) is 20.6. The summed E-state index contributed by atoms with van der Waals surface area (Å²) >= 11 is 9.66. The van der Waals surface area contributed by atoms with Crippen LogP contribution in [-0.4, -0.2) is 51.3 Å². The lowest BCUT2D eigenvalue weighted by molar-refractivity contribution is 0.241. The van der Waals surface area contributed by atoms with Crippen molar-refractivity contribution in [1.29, 1.82) is 0 Å². The number of methoxy groups -OCH3 is 1. The molecule has 2 aromatic rings. The molecule has 1 saturated heterocycles. The molecule has 0 amide bonds. The van der Waals surface area contributed by atoms with E-state index in [0.717, 1.165) is 55.8 Å². The molecule has 0 aliphatic carbocycles. The Hall–Kier alpha value is -1.38. The molecule has 5 nitrogen and oxygen atoms in total. The van der Waals surface area contributed by atoms with Crippen LogP contribution in [0.1, 0.15) is 11.1 Å². The fourth-order valence-corrected chi connectivity index (χ4v) is 4.03. The molecule has 0 radical (unpaired) electrons. The van der Waals surface area contributed by atoms with E-state index in [1.807, 2.05) is 12.1 Å². The first-order valence-electron chi connectivity index (χ1n) is 9.63. The van der Waals surface area contributed by atoms with Gasteiger partial charge < -0.3 is 20.1 Å². The average molecular weight is 487 g/mol. The molecule has 158 valence electrons. The van der Waals surface area contributed by atoms with E-state index in [0.29, 0.717) is 22.1 Å². The molecule has 1 aliphatic heterocycles. The molecule has 29 heavy (non-hydrogen) atoms. The van der Waals surface area contributed by atoms with Crippen LogP contribution in [0.4, 0.5) is 4.39 Å². The summed E-state index contributed by atoms with van der Waals surface area (Å²) in [7, 11) is 1.61. The van der Waals surface area contributed by atoms with E-state index in [1.165, 1.54) is 12.1 Å². The molecule has 1 heterocycles. The van der Waals surface area contributed by atoms with Crippen LogP contribution in [0.2, 0.25) is 5.02 Å². The lowest BCUT2D eigenvalue weighted by Gasteiger charge is -2.27. The molecule has 0 unspecified atom stereocenters. The standard InChI is InChI=1S/C21H26BrClFN3O2/c1-28-20-11-15(13-26-6-9-27-7-4-25-5-8-27)10-18(22)21(20)29-14-16-2-3-17(24)12-19(16)23/h2-3,10-12,25-26H,4-9,13-14H2,1H3. The van der Waals surface area contributed by atoms with Gasteiger partial charge in [0.25, 0.3) is 0 Å². The molecule has 1 aliphatic rings. The third-order valence-corrected chi connectivity index (χ3v) is 5.76. The van der Waals surface area contributed by atoms with Gasteiger partial charge in [0.1, 0.15) is 12.4 Å². The first-order chi connectivity index (χ1) is 14.1. The van der Waals surface area contributed by atoms with Gasteiger partial charge in [0.05, 0.1) is 16.6 Å². The average Bonchev–Trinajstić information content (AvgIpc) is 2.72. The fraction of sp³-hybridized carbons (Fsp3) is 0.429. The minimum atomic E-state index is -0.369. The number of hydrogen-bond donors (Lipinski definition) is 2. The van der Waals surface area contributed by atoms with E-state index in [1.54, 1.807) is 13.2 Å². The highest BCUT2D eigenvalue weighted by molar-refractivity contribution is 9.10. The lowest BCUT2D eigenvalue weighted by atomic mass is 10.2. The van der Waals surface area contributed by atoms with E-state index in [4.69, 9.17) is 21.1 Å². The summed E-state index contributed by atoms with van der Waals surface area (Å²) in [6, 6.07) is 8.24. The van der Waals surface area contributed by atoms with Crippen molar-refractivity contribution in [3.63, 3.8) is 0 Å². The van der Waals surface area contributed by atoms with Crippen LogP contribution >= 0.6 is 27.5 Å². The van der Waals surface area contributed by atoms with Crippen LogP contribution in [0.5, 0.6) is 11.5 Å². The smallest absolute Gasteiger partial charge is 0.175 e. The van der Waals surface area contributed by atoms with Gasteiger partial charge in [-0.25, -0.2) is 4.39 Å². The van der Waals surface area contributed by atoms with Crippen molar-refractivity contribution in [2.45, 2.75) is 13.2 Å². The number of piperazine rings is 1. The predicted molar refractivity (Wildman–Crippen MR) is 117 cm³/mol. The van der Waals surface area contributed by atoms with Crippen molar-refractivity contribution in [3.05, 3.63) is 56.8 Å². The molecule has 0 spiro atoms. The number of nitrogens with zero attached hydrogens (tertiary/aromatic N) is 1. The Labute approximate surface area is 184 Å². The van der Waals surface area contributed by atoms with E-state index in [2.05, 4.69) is 31.5 Å². The highest BCUT2D eigenvalue weighted by Crippen LogP contribution is 2.37. The molecule has 0 aromatic heterocycles. The van der Waals surface area contributed by atoms with Crippen molar-refractivity contribution in [1.82, 2.24) is 15.5 Å². The zero-order valence-electron chi connectivity index (χ0n) is 16.4. The normalized spacial score (nSPS) is 14.8. The summed E-state index contributed by atoms with van der Waals surface area (Å²) in [6.45, 7) is 7.27.